The maximum atomic E-state index is 12.6. The van der Waals surface area contributed by atoms with Gasteiger partial charge < -0.3 is 20.5 Å². The molecule has 4 rings (SSSR count). The molecule has 3 aromatic rings. The number of alkyl halides is 3. The zero-order valence-corrected chi connectivity index (χ0v) is 17.6. The molecule has 2 aromatic heterocycles. The van der Waals surface area contributed by atoms with Gasteiger partial charge in [0.25, 0.3) is 5.91 Å². The number of ether oxygens (including phenoxy) is 1. The summed E-state index contributed by atoms with van der Waals surface area (Å²) in [4.78, 5) is 25.9. The van der Waals surface area contributed by atoms with Crippen LogP contribution in [0.3, 0.4) is 0 Å². The van der Waals surface area contributed by atoms with Gasteiger partial charge in [0, 0.05) is 11.6 Å². The van der Waals surface area contributed by atoms with E-state index in [0.29, 0.717) is 23.3 Å². The first-order valence-corrected chi connectivity index (χ1v) is 9.99. The van der Waals surface area contributed by atoms with Crippen LogP contribution in [0.5, 0.6) is 5.88 Å². The average Bonchev–Trinajstić information content (AvgIpc) is 3.27. The van der Waals surface area contributed by atoms with Crippen molar-refractivity contribution in [2.75, 3.05) is 25.5 Å². The van der Waals surface area contributed by atoms with Gasteiger partial charge in [-0.05, 0) is 43.5 Å². The number of hydrogen-bond acceptors (Lipinski definition) is 6. The van der Waals surface area contributed by atoms with Crippen molar-refractivity contribution in [2.24, 2.45) is 0 Å². The van der Waals surface area contributed by atoms with Crippen molar-refractivity contribution in [3.63, 3.8) is 0 Å². The lowest BCUT2D eigenvalue weighted by molar-refractivity contribution is -0.192. The van der Waals surface area contributed by atoms with Crippen molar-refractivity contribution < 1.29 is 32.6 Å². The van der Waals surface area contributed by atoms with Crippen LogP contribution in [0, 0.1) is 0 Å². The van der Waals surface area contributed by atoms with Gasteiger partial charge in [0.05, 0.1) is 25.0 Å². The fourth-order valence-electron chi connectivity index (χ4n) is 3.31. The Kier molecular flexibility index (Phi) is 7.48. The maximum absolute atomic E-state index is 12.6. The first-order chi connectivity index (χ1) is 15.7. The van der Waals surface area contributed by atoms with Crippen LogP contribution < -0.4 is 15.4 Å². The highest BCUT2D eigenvalue weighted by Gasteiger charge is 2.38. The Morgan fingerprint density at radius 1 is 1.24 bits per heavy atom. The largest absolute Gasteiger partial charge is 0.490 e. The summed E-state index contributed by atoms with van der Waals surface area (Å²) in [6.07, 6.45) is 0.557. The van der Waals surface area contributed by atoms with Crippen LogP contribution in [0.15, 0.2) is 42.7 Å². The predicted molar refractivity (Wildman–Crippen MR) is 113 cm³/mol. The summed E-state index contributed by atoms with van der Waals surface area (Å²) in [5, 5.41) is 19.5. The Morgan fingerprint density at radius 2 is 1.91 bits per heavy atom. The van der Waals surface area contributed by atoms with Crippen LogP contribution in [0.4, 0.5) is 18.9 Å². The molecule has 1 aromatic carbocycles. The monoisotopic (exact) mass is 465 g/mol. The second-order valence-electron chi connectivity index (χ2n) is 7.19. The van der Waals surface area contributed by atoms with Crippen molar-refractivity contribution in [3.05, 3.63) is 48.4 Å². The van der Waals surface area contributed by atoms with Crippen molar-refractivity contribution in [1.82, 2.24) is 20.1 Å². The third-order valence-electron chi connectivity index (χ3n) is 4.92. The Balaban J connectivity index is 0.000000383. The number of benzene rings is 1. The zero-order valence-electron chi connectivity index (χ0n) is 17.6. The number of carboxylic acid groups (broad SMARTS) is 1. The molecule has 0 radical (unpaired) electrons. The number of aliphatic carboxylic acids is 1. The summed E-state index contributed by atoms with van der Waals surface area (Å²) in [5.74, 6) is -2.59. The number of halogens is 3. The number of hydrogen-bond donors (Lipinski definition) is 3. The summed E-state index contributed by atoms with van der Waals surface area (Å²) >= 11 is 0. The number of amides is 1. The lowest BCUT2D eigenvalue weighted by Gasteiger charge is -2.22. The topological polar surface area (TPSA) is 118 Å². The molecule has 0 spiro atoms. The van der Waals surface area contributed by atoms with E-state index >= 15 is 0 Å². The van der Waals surface area contributed by atoms with E-state index in [1.165, 1.54) is 0 Å². The number of rotatable bonds is 4. The van der Waals surface area contributed by atoms with Gasteiger partial charge in [-0.2, -0.15) is 18.3 Å². The number of piperidine rings is 1. The summed E-state index contributed by atoms with van der Waals surface area (Å²) in [6.45, 7) is 1.99. The first-order valence-electron chi connectivity index (χ1n) is 9.99. The third-order valence-corrected chi connectivity index (χ3v) is 4.92. The normalized spacial score (nSPS) is 14.3. The molecule has 1 saturated heterocycles. The minimum Gasteiger partial charge on any atom is -0.481 e. The highest BCUT2D eigenvalue weighted by atomic mass is 19.4. The molecule has 0 unspecified atom stereocenters. The molecule has 0 aliphatic carbocycles. The quantitative estimate of drug-likeness (QED) is 0.541. The smallest absolute Gasteiger partial charge is 0.481 e. The van der Waals surface area contributed by atoms with E-state index in [2.05, 4.69) is 20.7 Å². The Morgan fingerprint density at radius 3 is 2.55 bits per heavy atom. The number of anilines is 1. The van der Waals surface area contributed by atoms with Crippen LogP contribution >= 0.6 is 0 Å². The second-order valence-corrected chi connectivity index (χ2v) is 7.19. The molecule has 9 nitrogen and oxygen atoms in total. The lowest BCUT2D eigenvalue weighted by Crippen LogP contribution is -2.29. The van der Waals surface area contributed by atoms with Gasteiger partial charge >= 0.3 is 12.1 Å². The van der Waals surface area contributed by atoms with Crippen LogP contribution in [0.2, 0.25) is 0 Å². The number of carbonyl (C=O) groups excluding carboxylic acids is 1. The fourth-order valence-corrected chi connectivity index (χ4v) is 3.31. The molecule has 0 bridgehead atoms. The molecule has 3 N–H and O–H groups in total. The van der Waals surface area contributed by atoms with E-state index in [9.17, 15) is 18.0 Å². The molecule has 12 heteroatoms. The molecule has 3 heterocycles. The molecule has 33 heavy (non-hydrogen) atoms. The number of carbonyl (C=O) groups is 2. The molecule has 1 fully saturated rings. The molecule has 176 valence electrons. The molecule has 0 atom stereocenters. The van der Waals surface area contributed by atoms with Gasteiger partial charge in [0.15, 0.2) is 0 Å². The molecular weight excluding hydrogens is 443 g/mol. The Labute approximate surface area is 186 Å². The van der Waals surface area contributed by atoms with Gasteiger partial charge in [-0.1, -0.05) is 18.2 Å². The number of methoxy groups -OCH3 is 1. The van der Waals surface area contributed by atoms with E-state index in [-0.39, 0.29) is 5.91 Å². The van der Waals surface area contributed by atoms with Crippen LogP contribution in [0.1, 0.15) is 29.4 Å². The van der Waals surface area contributed by atoms with E-state index in [1.54, 1.807) is 19.4 Å². The summed E-state index contributed by atoms with van der Waals surface area (Å²) in [7, 11) is 1.56. The maximum Gasteiger partial charge on any atom is 0.490 e. The van der Waals surface area contributed by atoms with Crippen molar-refractivity contribution in [3.8, 4) is 5.88 Å². The minimum absolute atomic E-state index is 0.279. The van der Waals surface area contributed by atoms with Gasteiger partial charge in [-0.3, -0.25) is 9.48 Å². The molecule has 0 saturated carbocycles. The highest BCUT2D eigenvalue weighted by Crippen LogP contribution is 2.25. The van der Waals surface area contributed by atoms with Crippen LogP contribution in [-0.2, 0) is 4.79 Å². The highest BCUT2D eigenvalue weighted by molar-refractivity contribution is 6.05. The van der Waals surface area contributed by atoms with Crippen LogP contribution in [-0.4, -0.2) is 58.1 Å². The Bertz CT molecular complexity index is 1130. The van der Waals surface area contributed by atoms with Crippen molar-refractivity contribution in [1.29, 1.82) is 0 Å². The molecular formula is C21H22F3N5O4. The first kappa shape index (κ1) is 24.0. The number of nitrogens with zero attached hydrogens (tertiary/aromatic N) is 3. The predicted octanol–water partition coefficient (Wildman–Crippen LogP) is 3.25. The van der Waals surface area contributed by atoms with Gasteiger partial charge in [0.2, 0.25) is 5.88 Å². The summed E-state index contributed by atoms with van der Waals surface area (Å²) < 4.78 is 39.0. The van der Waals surface area contributed by atoms with E-state index in [0.717, 1.165) is 36.7 Å². The van der Waals surface area contributed by atoms with Gasteiger partial charge in [-0.15, -0.1) is 0 Å². The fraction of sp³-hybridized carbons (Fsp3) is 0.333. The van der Waals surface area contributed by atoms with Crippen LogP contribution in [0.25, 0.3) is 10.8 Å². The van der Waals surface area contributed by atoms with Gasteiger partial charge in [0.1, 0.15) is 5.69 Å². The number of nitrogens with one attached hydrogen (secondary N) is 2. The minimum atomic E-state index is -5.08. The second kappa shape index (κ2) is 10.3. The van der Waals surface area contributed by atoms with E-state index in [1.807, 2.05) is 35.1 Å². The van der Waals surface area contributed by atoms with Crippen molar-refractivity contribution in [2.45, 2.75) is 25.1 Å². The Hall–Kier alpha value is -3.67. The van der Waals surface area contributed by atoms with E-state index < -0.39 is 12.1 Å². The summed E-state index contributed by atoms with van der Waals surface area (Å²) in [5.41, 5.74) is 0.984. The third kappa shape index (κ3) is 6.19. The number of fused-ring (bicyclic) bond motifs is 1. The molecule has 1 aliphatic rings. The standard InChI is InChI=1S/C19H21N5O2.C2HF3O2/c1-26-19-16-5-3-2-4-13(16)10-17(23-19)18(25)22-14-11-21-24(12-14)15-6-8-20-9-7-15;3-2(4,5)1(6)7/h2-5,10-12,15,20H,6-9H2,1H3,(H,22,25);(H,6,7). The summed E-state index contributed by atoms with van der Waals surface area (Å²) in [6, 6.07) is 9.84. The number of pyridine rings is 1. The average molecular weight is 465 g/mol. The van der Waals surface area contributed by atoms with E-state index in [4.69, 9.17) is 14.6 Å². The molecule has 1 aliphatic heterocycles. The van der Waals surface area contributed by atoms with Gasteiger partial charge in [-0.25, -0.2) is 9.78 Å². The zero-order chi connectivity index (χ0) is 24.0. The lowest BCUT2D eigenvalue weighted by atomic mass is 10.1. The molecule has 1 amide bonds. The number of aromatic nitrogens is 3. The SMILES string of the molecule is COc1nc(C(=O)Nc2cnn(C3CCNCC3)c2)cc2ccccc12.O=C(O)C(F)(F)F. The van der Waals surface area contributed by atoms with Crippen molar-refractivity contribution >= 4 is 28.3 Å². The number of carboxylic acids is 1.